The lowest BCUT2D eigenvalue weighted by Crippen LogP contribution is -2.26. The molecule has 0 radical (unpaired) electrons. The summed E-state index contributed by atoms with van der Waals surface area (Å²) in [6.45, 7) is 2.51. The van der Waals surface area contributed by atoms with Crippen LogP contribution in [-0.4, -0.2) is 26.3 Å². The largest absolute Gasteiger partial charge is 0.416 e. The number of hydrogen-bond donors (Lipinski definition) is 0. The van der Waals surface area contributed by atoms with E-state index in [1.54, 1.807) is 6.07 Å². The van der Waals surface area contributed by atoms with Crippen LogP contribution in [-0.2, 0) is 16.8 Å². The summed E-state index contributed by atoms with van der Waals surface area (Å²) in [7, 11) is 0. The quantitative estimate of drug-likeness (QED) is 0.772. The van der Waals surface area contributed by atoms with Crippen LogP contribution < -0.4 is 4.90 Å². The van der Waals surface area contributed by atoms with Crippen LogP contribution in [0.5, 0.6) is 0 Å². The van der Waals surface area contributed by atoms with Gasteiger partial charge in [-0.05, 0) is 24.1 Å². The highest BCUT2D eigenvalue weighted by molar-refractivity contribution is 6.17. The van der Waals surface area contributed by atoms with Crippen LogP contribution in [0.2, 0.25) is 0 Å². The molecule has 0 aliphatic carbocycles. The second-order valence-corrected chi connectivity index (χ2v) is 4.69. The molecule has 1 heterocycles. The number of benzene rings is 1. The van der Waals surface area contributed by atoms with E-state index in [2.05, 4.69) is 0 Å². The third-order valence-electron chi connectivity index (χ3n) is 3.13. The molecule has 1 aromatic carbocycles. The lowest BCUT2D eigenvalue weighted by Gasteiger charge is -2.23. The molecular weight excluding hydrogens is 279 g/mol. The van der Waals surface area contributed by atoms with Crippen LogP contribution in [0.25, 0.3) is 0 Å². The molecule has 1 aliphatic rings. The summed E-state index contributed by atoms with van der Waals surface area (Å²) in [5.74, 6) is -0.141. The van der Waals surface area contributed by atoms with Gasteiger partial charge in [0.25, 0.3) is 0 Å². The molecule has 0 amide bonds. The van der Waals surface area contributed by atoms with Crippen LogP contribution >= 0.6 is 11.6 Å². The Labute approximate surface area is 115 Å². The number of alkyl halides is 4. The molecule has 2 nitrogen and oxygen atoms in total. The fourth-order valence-electron chi connectivity index (χ4n) is 2.15. The standard InChI is InChI=1S/C13H15ClF3NO/c14-9-10-2-3-11(8-12(10)13(15,16)17)18-4-1-6-19-7-5-18/h2-3,8H,1,4-7,9H2. The monoisotopic (exact) mass is 293 g/mol. The Morgan fingerprint density at radius 3 is 2.68 bits per heavy atom. The van der Waals surface area contributed by atoms with Gasteiger partial charge in [0.05, 0.1) is 12.2 Å². The van der Waals surface area contributed by atoms with Crippen molar-refractivity contribution in [2.24, 2.45) is 0 Å². The highest BCUT2D eigenvalue weighted by Gasteiger charge is 2.33. The second kappa shape index (κ2) is 6.01. The Kier molecular flexibility index (Phi) is 4.58. The van der Waals surface area contributed by atoms with Crippen molar-refractivity contribution in [3.63, 3.8) is 0 Å². The molecule has 1 saturated heterocycles. The van der Waals surface area contributed by atoms with Crippen molar-refractivity contribution >= 4 is 17.3 Å². The minimum absolute atomic E-state index is 0.115. The van der Waals surface area contributed by atoms with E-state index in [9.17, 15) is 13.2 Å². The normalized spacial score (nSPS) is 17.4. The molecule has 0 N–H and O–H groups in total. The minimum atomic E-state index is -4.37. The second-order valence-electron chi connectivity index (χ2n) is 4.43. The van der Waals surface area contributed by atoms with Crippen molar-refractivity contribution < 1.29 is 17.9 Å². The molecule has 19 heavy (non-hydrogen) atoms. The predicted octanol–water partition coefficient (Wildman–Crippen LogP) is 3.67. The van der Waals surface area contributed by atoms with Gasteiger partial charge >= 0.3 is 6.18 Å². The molecule has 106 valence electrons. The fraction of sp³-hybridized carbons (Fsp3) is 0.538. The summed E-state index contributed by atoms with van der Waals surface area (Å²) in [4.78, 5) is 1.92. The molecular formula is C13H15ClF3NO. The SMILES string of the molecule is FC(F)(F)c1cc(N2CCCOCC2)ccc1CCl. The van der Waals surface area contributed by atoms with Gasteiger partial charge in [-0.25, -0.2) is 0 Å². The van der Waals surface area contributed by atoms with E-state index >= 15 is 0 Å². The van der Waals surface area contributed by atoms with E-state index in [1.807, 2.05) is 4.90 Å². The van der Waals surface area contributed by atoms with Gasteiger partial charge in [-0.15, -0.1) is 11.6 Å². The summed E-state index contributed by atoms with van der Waals surface area (Å²) in [5, 5.41) is 0. The van der Waals surface area contributed by atoms with Crippen LogP contribution in [0.1, 0.15) is 17.5 Å². The lowest BCUT2D eigenvalue weighted by molar-refractivity contribution is -0.138. The Bertz CT molecular complexity index is 428. The van der Waals surface area contributed by atoms with Crippen LogP contribution in [0.15, 0.2) is 18.2 Å². The van der Waals surface area contributed by atoms with Gasteiger partial charge in [0.1, 0.15) is 0 Å². The Morgan fingerprint density at radius 1 is 1.21 bits per heavy atom. The first kappa shape index (κ1) is 14.5. The molecule has 0 atom stereocenters. The summed E-state index contributed by atoms with van der Waals surface area (Å²) in [5.41, 5.74) is 0.0424. The average molecular weight is 294 g/mol. The summed E-state index contributed by atoms with van der Waals surface area (Å²) < 4.78 is 44.2. The zero-order valence-corrected chi connectivity index (χ0v) is 11.1. The van der Waals surface area contributed by atoms with E-state index in [0.29, 0.717) is 32.0 Å². The van der Waals surface area contributed by atoms with E-state index in [-0.39, 0.29) is 11.4 Å². The van der Waals surface area contributed by atoms with Crippen LogP contribution in [0.4, 0.5) is 18.9 Å². The van der Waals surface area contributed by atoms with Gasteiger partial charge < -0.3 is 9.64 Å². The molecule has 0 unspecified atom stereocenters. The minimum Gasteiger partial charge on any atom is -0.380 e. The van der Waals surface area contributed by atoms with Crippen molar-refractivity contribution in [3.8, 4) is 0 Å². The first-order valence-electron chi connectivity index (χ1n) is 6.11. The predicted molar refractivity (Wildman–Crippen MR) is 68.7 cm³/mol. The summed E-state index contributed by atoms with van der Waals surface area (Å²) in [6.07, 6.45) is -3.55. The van der Waals surface area contributed by atoms with Gasteiger partial charge in [-0.2, -0.15) is 13.2 Å². The number of ether oxygens (including phenoxy) is 1. The van der Waals surface area contributed by atoms with E-state index in [0.717, 1.165) is 6.42 Å². The molecule has 0 bridgehead atoms. The molecule has 1 aromatic rings. The molecule has 1 aliphatic heterocycles. The number of nitrogens with zero attached hydrogens (tertiary/aromatic N) is 1. The van der Waals surface area contributed by atoms with Crippen molar-refractivity contribution in [1.29, 1.82) is 0 Å². The maximum atomic E-state index is 13.0. The van der Waals surface area contributed by atoms with Crippen LogP contribution in [0, 0.1) is 0 Å². The molecule has 6 heteroatoms. The maximum Gasteiger partial charge on any atom is 0.416 e. The number of halogens is 4. The van der Waals surface area contributed by atoms with Gasteiger partial charge in [-0.3, -0.25) is 0 Å². The summed E-state index contributed by atoms with van der Waals surface area (Å²) >= 11 is 5.57. The third-order valence-corrected chi connectivity index (χ3v) is 3.42. The Morgan fingerprint density at radius 2 is 2.00 bits per heavy atom. The zero-order valence-electron chi connectivity index (χ0n) is 10.3. The zero-order chi connectivity index (χ0) is 13.9. The van der Waals surface area contributed by atoms with Crippen molar-refractivity contribution in [2.75, 3.05) is 31.2 Å². The lowest BCUT2D eigenvalue weighted by atomic mass is 10.1. The smallest absolute Gasteiger partial charge is 0.380 e. The highest BCUT2D eigenvalue weighted by atomic mass is 35.5. The first-order chi connectivity index (χ1) is 9.02. The van der Waals surface area contributed by atoms with E-state index in [1.165, 1.54) is 12.1 Å². The van der Waals surface area contributed by atoms with E-state index < -0.39 is 11.7 Å². The maximum absolute atomic E-state index is 13.0. The molecule has 0 aromatic heterocycles. The first-order valence-corrected chi connectivity index (χ1v) is 6.64. The third kappa shape index (κ3) is 3.54. The van der Waals surface area contributed by atoms with Crippen LogP contribution in [0.3, 0.4) is 0 Å². The molecule has 2 rings (SSSR count). The Balaban J connectivity index is 2.31. The average Bonchev–Trinajstić information content (AvgIpc) is 2.66. The molecule has 1 fully saturated rings. The van der Waals surface area contributed by atoms with Gasteiger partial charge in [-0.1, -0.05) is 6.07 Å². The van der Waals surface area contributed by atoms with Crippen molar-refractivity contribution in [2.45, 2.75) is 18.5 Å². The van der Waals surface area contributed by atoms with Gasteiger partial charge in [0.2, 0.25) is 0 Å². The number of rotatable bonds is 2. The van der Waals surface area contributed by atoms with Gasteiger partial charge in [0, 0.05) is 31.3 Å². The summed E-state index contributed by atoms with van der Waals surface area (Å²) in [6, 6.07) is 4.33. The Hall–Kier alpha value is -0.940. The molecule has 0 spiro atoms. The van der Waals surface area contributed by atoms with Crippen molar-refractivity contribution in [1.82, 2.24) is 0 Å². The fourth-order valence-corrected chi connectivity index (χ4v) is 2.38. The van der Waals surface area contributed by atoms with Crippen molar-refractivity contribution in [3.05, 3.63) is 29.3 Å². The number of hydrogen-bond acceptors (Lipinski definition) is 2. The molecule has 0 saturated carbocycles. The van der Waals surface area contributed by atoms with E-state index in [4.69, 9.17) is 16.3 Å². The number of anilines is 1. The topological polar surface area (TPSA) is 12.5 Å². The highest BCUT2D eigenvalue weighted by Crippen LogP contribution is 2.35. The van der Waals surface area contributed by atoms with Gasteiger partial charge in [0.15, 0.2) is 0 Å².